The first-order chi connectivity index (χ1) is 16.3. The molecule has 3 aromatic rings. The fourth-order valence-electron chi connectivity index (χ4n) is 4.61. The Morgan fingerprint density at radius 2 is 1.85 bits per heavy atom. The van der Waals surface area contributed by atoms with E-state index in [2.05, 4.69) is 10.3 Å². The average Bonchev–Trinajstić information content (AvgIpc) is 3.24. The summed E-state index contributed by atoms with van der Waals surface area (Å²) in [6.45, 7) is 7.47. The number of para-hydroxylation sites is 1. The molecule has 0 spiro atoms. The van der Waals surface area contributed by atoms with Gasteiger partial charge >= 0.3 is 6.03 Å². The van der Waals surface area contributed by atoms with Gasteiger partial charge in [-0.15, -0.1) is 0 Å². The van der Waals surface area contributed by atoms with Gasteiger partial charge in [-0.05, 0) is 49.6 Å². The van der Waals surface area contributed by atoms with Crippen LogP contribution in [0.2, 0.25) is 0 Å². The summed E-state index contributed by atoms with van der Waals surface area (Å²) < 4.78 is 34.1. The molecule has 1 unspecified atom stereocenters. The maximum absolute atomic E-state index is 13.4. The second kappa shape index (κ2) is 8.56. The number of aryl methyl sites for hydroxylation is 2. The number of nitrogens with one attached hydrogen (secondary N) is 1. The Kier molecular flexibility index (Phi) is 5.69. The molecule has 2 aromatic carbocycles. The molecule has 0 aliphatic carbocycles. The molecule has 34 heavy (non-hydrogen) atoms. The topological polar surface area (TPSA) is 91.8 Å². The standard InChI is InChI=1S/C25H28N4O4S/c1-16-13-19-5-4-6-22(23(19)26-14-16)34(31,32)29-11-9-28(10-12-29)25(30)27-21-15-33-24-18(3)17(2)7-8-20(21)24/h4-8,13-14,21H,9-12,15H2,1-3H3,(H,27,30). The van der Waals surface area contributed by atoms with E-state index >= 15 is 0 Å². The van der Waals surface area contributed by atoms with Gasteiger partial charge < -0.3 is 15.0 Å². The number of urea groups is 1. The number of rotatable bonds is 3. The third-order valence-corrected chi connectivity index (χ3v) is 8.66. The van der Waals surface area contributed by atoms with Crippen LogP contribution in [0.5, 0.6) is 5.75 Å². The van der Waals surface area contributed by atoms with Crippen LogP contribution in [0.25, 0.3) is 10.9 Å². The van der Waals surface area contributed by atoms with Crippen LogP contribution in [0.15, 0.2) is 47.5 Å². The van der Waals surface area contributed by atoms with E-state index in [1.54, 1.807) is 23.2 Å². The van der Waals surface area contributed by atoms with Crippen molar-refractivity contribution in [3.63, 3.8) is 0 Å². The SMILES string of the molecule is Cc1cnc2c(S(=O)(=O)N3CCN(C(=O)NC4COc5c4ccc(C)c5C)CC3)cccc2c1. The predicted octanol–water partition coefficient (Wildman–Crippen LogP) is 3.31. The summed E-state index contributed by atoms with van der Waals surface area (Å²) in [7, 11) is -3.73. The molecular weight excluding hydrogens is 452 g/mol. The van der Waals surface area contributed by atoms with Crippen molar-refractivity contribution in [3.8, 4) is 5.75 Å². The zero-order valence-corrected chi connectivity index (χ0v) is 20.4. The molecule has 8 nitrogen and oxygen atoms in total. The van der Waals surface area contributed by atoms with Crippen LogP contribution in [0.3, 0.4) is 0 Å². The number of fused-ring (bicyclic) bond motifs is 2. The number of carbonyl (C=O) groups excluding carboxylic acids is 1. The second-order valence-electron chi connectivity index (χ2n) is 8.97. The van der Waals surface area contributed by atoms with Gasteiger partial charge in [0.25, 0.3) is 0 Å². The van der Waals surface area contributed by atoms with E-state index in [9.17, 15) is 13.2 Å². The zero-order chi connectivity index (χ0) is 24.0. The monoisotopic (exact) mass is 480 g/mol. The molecule has 9 heteroatoms. The maximum Gasteiger partial charge on any atom is 0.318 e. The summed E-state index contributed by atoms with van der Waals surface area (Å²) in [5, 5.41) is 3.85. The Morgan fingerprint density at radius 1 is 1.09 bits per heavy atom. The highest BCUT2D eigenvalue weighted by molar-refractivity contribution is 7.89. The molecule has 1 fully saturated rings. The number of hydrogen-bond donors (Lipinski definition) is 1. The number of pyridine rings is 1. The highest BCUT2D eigenvalue weighted by atomic mass is 32.2. The first-order valence-electron chi connectivity index (χ1n) is 11.4. The second-order valence-corrected chi connectivity index (χ2v) is 10.9. The lowest BCUT2D eigenvalue weighted by molar-refractivity contribution is 0.166. The number of ether oxygens (including phenoxy) is 1. The van der Waals surface area contributed by atoms with E-state index in [4.69, 9.17) is 4.74 Å². The van der Waals surface area contributed by atoms with Crippen molar-refractivity contribution in [1.29, 1.82) is 0 Å². The molecular formula is C25H28N4O4S. The quantitative estimate of drug-likeness (QED) is 0.621. The van der Waals surface area contributed by atoms with E-state index in [1.165, 1.54) is 4.31 Å². The molecule has 1 N–H and O–H groups in total. The van der Waals surface area contributed by atoms with Gasteiger partial charge in [-0.2, -0.15) is 4.31 Å². The number of carbonyl (C=O) groups is 1. The molecule has 5 rings (SSSR count). The van der Waals surface area contributed by atoms with Gasteiger partial charge in [0, 0.05) is 43.3 Å². The summed E-state index contributed by atoms with van der Waals surface area (Å²) in [5.41, 5.74) is 4.67. The largest absolute Gasteiger partial charge is 0.490 e. The first kappa shape index (κ1) is 22.6. The van der Waals surface area contributed by atoms with Crippen molar-refractivity contribution in [3.05, 3.63) is 64.8 Å². The Balaban J connectivity index is 1.27. The van der Waals surface area contributed by atoms with Crippen molar-refractivity contribution in [2.45, 2.75) is 31.7 Å². The molecule has 2 amide bonds. The molecule has 0 bridgehead atoms. The fraction of sp³-hybridized carbons (Fsp3) is 0.360. The van der Waals surface area contributed by atoms with Gasteiger partial charge in [0.2, 0.25) is 10.0 Å². The minimum atomic E-state index is -3.73. The molecule has 0 radical (unpaired) electrons. The summed E-state index contributed by atoms with van der Waals surface area (Å²) in [5.74, 6) is 0.847. The lowest BCUT2D eigenvalue weighted by Crippen LogP contribution is -2.53. The smallest absolute Gasteiger partial charge is 0.318 e. The molecule has 178 valence electrons. The molecule has 3 heterocycles. The minimum Gasteiger partial charge on any atom is -0.490 e. The number of piperazine rings is 1. The zero-order valence-electron chi connectivity index (χ0n) is 19.5. The Labute approximate surface area is 199 Å². The lowest BCUT2D eigenvalue weighted by Gasteiger charge is -2.34. The van der Waals surface area contributed by atoms with E-state index in [-0.39, 0.29) is 30.1 Å². The summed E-state index contributed by atoms with van der Waals surface area (Å²) in [6.07, 6.45) is 1.68. The van der Waals surface area contributed by atoms with Gasteiger partial charge in [-0.25, -0.2) is 13.2 Å². The molecule has 2 aliphatic heterocycles. The normalized spacial score (nSPS) is 18.6. The van der Waals surface area contributed by atoms with Crippen LogP contribution in [0.1, 0.15) is 28.3 Å². The Hall–Kier alpha value is -3.17. The van der Waals surface area contributed by atoms with Crippen molar-refractivity contribution in [1.82, 2.24) is 19.5 Å². The predicted molar refractivity (Wildman–Crippen MR) is 129 cm³/mol. The van der Waals surface area contributed by atoms with Crippen molar-refractivity contribution in [2.75, 3.05) is 32.8 Å². The number of amides is 2. The first-order valence-corrected chi connectivity index (χ1v) is 12.8. The number of nitrogens with zero attached hydrogens (tertiary/aromatic N) is 3. The van der Waals surface area contributed by atoms with Gasteiger partial charge in [0.15, 0.2) is 0 Å². The average molecular weight is 481 g/mol. The maximum atomic E-state index is 13.4. The molecule has 1 aromatic heterocycles. The molecule has 1 atom stereocenters. The number of benzene rings is 2. The van der Waals surface area contributed by atoms with Gasteiger partial charge in [0.05, 0.1) is 11.6 Å². The minimum absolute atomic E-state index is 0.202. The highest BCUT2D eigenvalue weighted by Gasteiger charge is 2.33. The van der Waals surface area contributed by atoms with Crippen LogP contribution in [-0.2, 0) is 10.0 Å². The van der Waals surface area contributed by atoms with Gasteiger partial charge in [-0.3, -0.25) is 4.98 Å². The lowest BCUT2D eigenvalue weighted by atomic mass is 10.0. The van der Waals surface area contributed by atoms with Crippen LogP contribution in [-0.4, -0.2) is 61.4 Å². The van der Waals surface area contributed by atoms with E-state index in [0.29, 0.717) is 25.2 Å². The molecule has 2 aliphatic rings. The molecule has 0 saturated carbocycles. The number of sulfonamides is 1. The fourth-order valence-corrected chi connectivity index (χ4v) is 6.20. The Morgan fingerprint density at radius 3 is 2.62 bits per heavy atom. The molecule has 1 saturated heterocycles. The van der Waals surface area contributed by atoms with Gasteiger partial charge in [-0.1, -0.05) is 24.3 Å². The van der Waals surface area contributed by atoms with Crippen molar-refractivity contribution >= 4 is 27.0 Å². The summed E-state index contributed by atoms with van der Waals surface area (Å²) in [6, 6.07) is 10.7. The highest BCUT2D eigenvalue weighted by Crippen LogP contribution is 2.36. The van der Waals surface area contributed by atoms with E-state index < -0.39 is 10.0 Å². The van der Waals surface area contributed by atoms with Crippen LogP contribution >= 0.6 is 0 Å². The Bertz CT molecular complexity index is 1380. The van der Waals surface area contributed by atoms with Crippen LogP contribution < -0.4 is 10.1 Å². The van der Waals surface area contributed by atoms with Crippen molar-refractivity contribution < 1.29 is 17.9 Å². The third kappa shape index (κ3) is 3.88. The third-order valence-electron chi connectivity index (χ3n) is 6.73. The van der Waals surface area contributed by atoms with Crippen LogP contribution in [0.4, 0.5) is 4.79 Å². The van der Waals surface area contributed by atoms with E-state index in [1.807, 2.05) is 45.0 Å². The summed E-state index contributed by atoms with van der Waals surface area (Å²) in [4.78, 5) is 19.2. The summed E-state index contributed by atoms with van der Waals surface area (Å²) >= 11 is 0. The van der Waals surface area contributed by atoms with E-state index in [0.717, 1.165) is 33.4 Å². The number of aromatic nitrogens is 1. The van der Waals surface area contributed by atoms with Crippen molar-refractivity contribution in [2.24, 2.45) is 0 Å². The number of hydrogen-bond acceptors (Lipinski definition) is 5. The van der Waals surface area contributed by atoms with Crippen LogP contribution in [0, 0.1) is 20.8 Å². The van der Waals surface area contributed by atoms with Gasteiger partial charge in [0.1, 0.15) is 17.3 Å².